The van der Waals surface area contributed by atoms with Crippen molar-refractivity contribution in [3.05, 3.63) is 120 Å². The molecule has 0 saturated heterocycles. The van der Waals surface area contributed by atoms with Crippen molar-refractivity contribution in [3.63, 3.8) is 0 Å². The third-order valence-electron chi connectivity index (χ3n) is 8.35. The van der Waals surface area contributed by atoms with E-state index in [4.69, 9.17) is 4.74 Å². The van der Waals surface area contributed by atoms with Gasteiger partial charge < -0.3 is 20.4 Å². The number of methoxy groups -OCH3 is 1. The molecule has 0 aliphatic heterocycles. The van der Waals surface area contributed by atoms with Gasteiger partial charge in [-0.25, -0.2) is 24.5 Å². The number of rotatable bonds is 9. The van der Waals surface area contributed by atoms with Gasteiger partial charge in [0.2, 0.25) is 11.4 Å². The topological polar surface area (TPSA) is 189 Å². The molecular weight excluding hydrogens is 761 g/mol. The minimum atomic E-state index is -0.302. The van der Waals surface area contributed by atoms with Crippen LogP contribution in [0.2, 0.25) is 0 Å². The maximum Gasteiger partial charge on any atom is 0.321 e. The standard InChI is InChI=1S/C21H19N5O2S.C20H17N5O2S/c1-3-23-20(27)26-21-25-17-11-14(13-6-5-9-22-12-13)10-15(19(17)29-21)16-7-4-8-18(24-16)28-2;1-2-22-19(27)25-20-24-16-10-13(12-5-4-8-21-11-12)9-14(18(16)28-20)15-6-3-7-17(26)23-15/h4-12H,3H2,1-2H3,(H2,23,25,26,27);3-11H,2H2,1H3,(H,23,26)(H2,22,24,25,27). The van der Waals surface area contributed by atoms with Crippen LogP contribution in [0, 0.1) is 0 Å². The van der Waals surface area contributed by atoms with Crippen molar-refractivity contribution in [2.75, 3.05) is 30.8 Å². The number of amides is 4. The molecule has 57 heavy (non-hydrogen) atoms. The van der Waals surface area contributed by atoms with E-state index in [9.17, 15) is 14.4 Å². The lowest BCUT2D eigenvalue weighted by Gasteiger charge is -2.08. The van der Waals surface area contributed by atoms with Gasteiger partial charge in [0.1, 0.15) is 0 Å². The molecule has 0 aliphatic rings. The van der Waals surface area contributed by atoms with Gasteiger partial charge in [-0.05, 0) is 73.5 Å². The molecule has 0 aliphatic carbocycles. The molecule has 16 heteroatoms. The summed E-state index contributed by atoms with van der Waals surface area (Å²) in [5.41, 5.74) is 8.38. The molecule has 0 spiro atoms. The molecule has 6 aromatic heterocycles. The van der Waals surface area contributed by atoms with Gasteiger partial charge in [-0.3, -0.25) is 25.4 Å². The Bertz CT molecular complexity index is 2740. The number of H-pyrrole nitrogens is 1. The van der Waals surface area contributed by atoms with Crippen molar-refractivity contribution >= 4 is 65.4 Å². The Balaban J connectivity index is 0.000000174. The number of fused-ring (bicyclic) bond motifs is 2. The molecule has 8 rings (SSSR count). The molecule has 0 radical (unpaired) electrons. The minimum absolute atomic E-state index is 0.178. The number of benzene rings is 2. The number of aromatic nitrogens is 6. The zero-order chi connectivity index (χ0) is 39.7. The fourth-order valence-corrected chi connectivity index (χ4v) is 7.78. The lowest BCUT2D eigenvalue weighted by molar-refractivity contribution is 0.251. The highest BCUT2D eigenvalue weighted by atomic mass is 32.1. The fraction of sp³-hybridized carbons (Fsp3) is 0.122. The maximum absolute atomic E-state index is 11.9. The lowest BCUT2D eigenvalue weighted by Crippen LogP contribution is -2.28. The fourth-order valence-electron chi connectivity index (χ4n) is 5.85. The molecular formula is C41H36N10O4S2. The number of hydrogen-bond acceptors (Lipinski definition) is 11. The third-order valence-corrected chi connectivity index (χ3v) is 10.4. The Labute approximate surface area is 334 Å². The number of pyridine rings is 4. The largest absolute Gasteiger partial charge is 0.481 e. The quantitative estimate of drug-likeness (QED) is 0.0955. The molecule has 286 valence electrons. The van der Waals surface area contributed by atoms with Gasteiger partial charge in [0.25, 0.3) is 0 Å². The molecule has 8 aromatic rings. The van der Waals surface area contributed by atoms with Crippen molar-refractivity contribution < 1.29 is 14.3 Å². The smallest absolute Gasteiger partial charge is 0.321 e. The first-order chi connectivity index (χ1) is 27.8. The van der Waals surface area contributed by atoms with Crippen molar-refractivity contribution in [3.8, 4) is 50.6 Å². The van der Waals surface area contributed by atoms with Crippen LogP contribution in [-0.2, 0) is 0 Å². The molecule has 5 N–H and O–H groups in total. The lowest BCUT2D eigenvalue weighted by atomic mass is 10.0. The number of ether oxygens (including phenoxy) is 1. The van der Waals surface area contributed by atoms with Crippen LogP contribution in [-0.4, -0.2) is 62.2 Å². The summed E-state index contributed by atoms with van der Waals surface area (Å²) in [5.74, 6) is 0.535. The molecule has 0 bridgehead atoms. The van der Waals surface area contributed by atoms with Crippen molar-refractivity contribution in [1.29, 1.82) is 0 Å². The molecule has 0 unspecified atom stereocenters. The molecule has 6 heterocycles. The monoisotopic (exact) mass is 796 g/mol. The summed E-state index contributed by atoms with van der Waals surface area (Å²) in [6.07, 6.45) is 7.04. The van der Waals surface area contributed by atoms with E-state index in [1.807, 2.05) is 80.7 Å². The average Bonchev–Trinajstić information content (AvgIpc) is 3.84. The third kappa shape index (κ3) is 9.09. The second-order valence-electron chi connectivity index (χ2n) is 12.2. The summed E-state index contributed by atoms with van der Waals surface area (Å²) in [7, 11) is 1.59. The van der Waals surface area contributed by atoms with E-state index in [2.05, 4.69) is 57.2 Å². The second-order valence-corrected chi connectivity index (χ2v) is 14.2. The van der Waals surface area contributed by atoms with Crippen LogP contribution in [0.15, 0.2) is 115 Å². The number of hydrogen-bond donors (Lipinski definition) is 5. The summed E-state index contributed by atoms with van der Waals surface area (Å²) < 4.78 is 7.10. The van der Waals surface area contributed by atoms with Crippen LogP contribution in [0.25, 0.3) is 65.2 Å². The highest BCUT2D eigenvalue weighted by Gasteiger charge is 2.17. The SMILES string of the molecule is CCNC(=O)Nc1nc2cc(-c3cccnc3)cc(-c3cccc(=O)[nH]3)c2s1.CCNC(=O)Nc1nc2cc(-c3cccnc3)cc(-c3cccc(OC)n3)c2s1. The van der Waals surface area contributed by atoms with E-state index in [0.717, 1.165) is 59.5 Å². The van der Waals surface area contributed by atoms with E-state index in [-0.39, 0.29) is 17.6 Å². The van der Waals surface area contributed by atoms with Gasteiger partial charge in [-0.2, -0.15) is 0 Å². The number of anilines is 2. The Hall–Kier alpha value is -7.04. The van der Waals surface area contributed by atoms with Gasteiger partial charge in [-0.15, -0.1) is 0 Å². The highest BCUT2D eigenvalue weighted by Crippen LogP contribution is 2.39. The Kier molecular flexibility index (Phi) is 11.8. The minimum Gasteiger partial charge on any atom is -0.481 e. The Morgan fingerprint density at radius 1 is 0.667 bits per heavy atom. The number of urea groups is 2. The number of carbonyl (C=O) groups is 2. The van der Waals surface area contributed by atoms with Crippen LogP contribution < -0.4 is 31.6 Å². The Morgan fingerprint density at radius 3 is 1.75 bits per heavy atom. The molecule has 4 amide bonds. The number of carbonyl (C=O) groups excluding carboxylic acids is 2. The van der Waals surface area contributed by atoms with Crippen molar-refractivity contribution in [2.24, 2.45) is 0 Å². The summed E-state index contributed by atoms with van der Waals surface area (Å²) in [6.45, 7) is 4.78. The maximum atomic E-state index is 11.9. The van der Waals surface area contributed by atoms with E-state index >= 15 is 0 Å². The normalized spacial score (nSPS) is 10.7. The van der Waals surface area contributed by atoms with Gasteiger partial charge in [0.15, 0.2) is 10.3 Å². The predicted octanol–water partition coefficient (Wildman–Crippen LogP) is 8.43. The first kappa shape index (κ1) is 38.2. The number of thiazole rings is 2. The van der Waals surface area contributed by atoms with Crippen LogP contribution in [0.1, 0.15) is 13.8 Å². The average molecular weight is 797 g/mol. The predicted molar refractivity (Wildman–Crippen MR) is 227 cm³/mol. The first-order valence-corrected chi connectivity index (χ1v) is 19.5. The molecule has 14 nitrogen and oxygen atoms in total. The zero-order valence-corrected chi connectivity index (χ0v) is 32.6. The van der Waals surface area contributed by atoms with Crippen LogP contribution >= 0.6 is 22.7 Å². The van der Waals surface area contributed by atoms with Gasteiger partial charge in [0, 0.05) is 78.0 Å². The van der Waals surface area contributed by atoms with E-state index in [1.54, 1.807) is 37.8 Å². The van der Waals surface area contributed by atoms with Gasteiger partial charge in [-0.1, -0.05) is 46.9 Å². The van der Waals surface area contributed by atoms with E-state index in [1.165, 1.54) is 28.7 Å². The summed E-state index contributed by atoms with van der Waals surface area (Å²) in [4.78, 5) is 60.7. The summed E-state index contributed by atoms with van der Waals surface area (Å²) in [6, 6.07) is 25.8. The summed E-state index contributed by atoms with van der Waals surface area (Å²) >= 11 is 2.77. The van der Waals surface area contributed by atoms with Crippen molar-refractivity contribution in [1.82, 2.24) is 40.5 Å². The second kappa shape index (κ2) is 17.6. The van der Waals surface area contributed by atoms with E-state index < -0.39 is 0 Å². The molecule has 2 aromatic carbocycles. The summed E-state index contributed by atoms with van der Waals surface area (Å²) in [5, 5.41) is 12.0. The van der Waals surface area contributed by atoms with Gasteiger partial charge >= 0.3 is 12.1 Å². The molecule has 0 fully saturated rings. The first-order valence-electron chi connectivity index (χ1n) is 17.8. The highest BCUT2D eigenvalue weighted by molar-refractivity contribution is 7.23. The zero-order valence-electron chi connectivity index (χ0n) is 31.0. The molecule has 0 saturated carbocycles. The number of aromatic amines is 1. The van der Waals surface area contributed by atoms with Crippen LogP contribution in [0.5, 0.6) is 5.88 Å². The van der Waals surface area contributed by atoms with Crippen LogP contribution in [0.4, 0.5) is 19.9 Å². The van der Waals surface area contributed by atoms with Crippen molar-refractivity contribution in [2.45, 2.75) is 13.8 Å². The molecule has 0 atom stereocenters. The van der Waals surface area contributed by atoms with Gasteiger partial charge in [0.05, 0.1) is 33.2 Å². The van der Waals surface area contributed by atoms with Crippen LogP contribution in [0.3, 0.4) is 0 Å². The Morgan fingerprint density at radius 2 is 1.23 bits per heavy atom. The number of nitrogens with one attached hydrogen (secondary N) is 5. The number of nitrogens with zero attached hydrogens (tertiary/aromatic N) is 5. The van der Waals surface area contributed by atoms with E-state index in [0.29, 0.717) is 34.9 Å².